The number of aromatic carboxylic acids is 1. The van der Waals surface area contributed by atoms with Crippen LogP contribution in [0.25, 0.3) is 0 Å². The molecular weight excluding hydrogens is 202 g/mol. The zero-order valence-electron chi connectivity index (χ0n) is 9.03. The number of hydrogen-bond acceptors (Lipinski definition) is 1. The van der Waals surface area contributed by atoms with E-state index in [2.05, 4.69) is 11.1 Å². The minimum absolute atomic E-state index is 0.239. The predicted molar refractivity (Wildman–Crippen MR) is 61.7 cm³/mol. The lowest BCUT2D eigenvalue weighted by Crippen LogP contribution is -1.94. The van der Waals surface area contributed by atoms with Gasteiger partial charge in [-0.3, -0.25) is 0 Å². The highest BCUT2D eigenvalue weighted by molar-refractivity contribution is 5.85. The number of carboxylic acid groups (broad SMARTS) is 1. The number of rotatable bonds is 3. The molecule has 0 saturated heterocycles. The number of hydrogen-bond donors (Lipinski definition) is 2. The molecule has 0 aliphatic carbocycles. The van der Waals surface area contributed by atoms with Gasteiger partial charge in [-0.1, -0.05) is 29.8 Å². The lowest BCUT2D eigenvalue weighted by atomic mass is 10.1. The standard InChI is InChI=1S/C13H13NO2/c1-9-3-2-4-10(5-9)6-11-7-12(13(15)16)14-8-11/h2-5,7-8,14H,6H2,1H3,(H,15,16). The Hall–Kier alpha value is -2.03. The maximum absolute atomic E-state index is 10.7. The monoisotopic (exact) mass is 215 g/mol. The minimum atomic E-state index is -0.921. The van der Waals surface area contributed by atoms with Crippen LogP contribution in [0.4, 0.5) is 0 Å². The average molecular weight is 215 g/mol. The van der Waals surface area contributed by atoms with Gasteiger partial charge in [-0.2, -0.15) is 0 Å². The Morgan fingerprint density at radius 3 is 2.75 bits per heavy atom. The summed E-state index contributed by atoms with van der Waals surface area (Å²) < 4.78 is 0. The number of nitrogens with one attached hydrogen (secondary N) is 1. The Kier molecular flexibility index (Phi) is 2.77. The van der Waals surface area contributed by atoms with Crippen LogP contribution in [-0.2, 0) is 6.42 Å². The summed E-state index contributed by atoms with van der Waals surface area (Å²) in [5.41, 5.74) is 3.63. The molecule has 1 heterocycles. The molecule has 2 rings (SSSR count). The molecule has 0 fully saturated rings. The average Bonchev–Trinajstić information content (AvgIpc) is 2.66. The topological polar surface area (TPSA) is 53.1 Å². The van der Waals surface area contributed by atoms with Crippen molar-refractivity contribution in [3.05, 3.63) is 58.9 Å². The van der Waals surface area contributed by atoms with Gasteiger partial charge < -0.3 is 10.1 Å². The lowest BCUT2D eigenvalue weighted by Gasteiger charge is -1.99. The van der Waals surface area contributed by atoms with Gasteiger partial charge in [0.25, 0.3) is 0 Å². The lowest BCUT2D eigenvalue weighted by molar-refractivity contribution is 0.0691. The maximum Gasteiger partial charge on any atom is 0.352 e. The van der Waals surface area contributed by atoms with E-state index in [0.717, 1.165) is 12.0 Å². The summed E-state index contributed by atoms with van der Waals surface area (Å²) in [6, 6.07) is 9.87. The zero-order chi connectivity index (χ0) is 11.5. The third kappa shape index (κ3) is 2.31. The number of aromatic amines is 1. The summed E-state index contributed by atoms with van der Waals surface area (Å²) in [5.74, 6) is -0.921. The number of carboxylic acids is 1. The molecule has 0 aliphatic rings. The van der Waals surface area contributed by atoms with Crippen molar-refractivity contribution < 1.29 is 9.90 Å². The SMILES string of the molecule is Cc1cccc(Cc2c[nH]c(C(=O)O)c2)c1. The van der Waals surface area contributed by atoms with Crippen LogP contribution in [0.1, 0.15) is 27.2 Å². The highest BCUT2D eigenvalue weighted by Gasteiger charge is 2.06. The summed E-state index contributed by atoms with van der Waals surface area (Å²) in [6.45, 7) is 2.04. The van der Waals surface area contributed by atoms with Gasteiger partial charge in [-0.05, 0) is 30.5 Å². The number of H-pyrrole nitrogens is 1. The zero-order valence-corrected chi connectivity index (χ0v) is 9.03. The Bertz CT molecular complexity index is 514. The van der Waals surface area contributed by atoms with Gasteiger partial charge in [0.1, 0.15) is 5.69 Å². The summed E-state index contributed by atoms with van der Waals surface area (Å²) in [7, 11) is 0. The fourth-order valence-corrected chi connectivity index (χ4v) is 1.72. The molecule has 0 unspecified atom stereocenters. The van der Waals surface area contributed by atoms with E-state index in [4.69, 9.17) is 5.11 Å². The van der Waals surface area contributed by atoms with Crippen LogP contribution >= 0.6 is 0 Å². The molecule has 0 saturated carbocycles. The highest BCUT2D eigenvalue weighted by atomic mass is 16.4. The summed E-state index contributed by atoms with van der Waals surface area (Å²) in [6.07, 6.45) is 2.50. The Balaban J connectivity index is 2.17. The van der Waals surface area contributed by atoms with Crippen molar-refractivity contribution >= 4 is 5.97 Å². The van der Waals surface area contributed by atoms with Crippen LogP contribution in [0, 0.1) is 6.92 Å². The molecule has 0 bridgehead atoms. The van der Waals surface area contributed by atoms with Crippen molar-refractivity contribution in [3.63, 3.8) is 0 Å². The van der Waals surface area contributed by atoms with Gasteiger partial charge >= 0.3 is 5.97 Å². The van der Waals surface area contributed by atoms with E-state index in [9.17, 15) is 4.79 Å². The normalized spacial score (nSPS) is 10.3. The quantitative estimate of drug-likeness (QED) is 0.826. The third-order valence-corrected chi connectivity index (χ3v) is 2.46. The molecule has 3 nitrogen and oxygen atoms in total. The van der Waals surface area contributed by atoms with Crippen molar-refractivity contribution in [1.29, 1.82) is 0 Å². The molecule has 1 aromatic heterocycles. The minimum Gasteiger partial charge on any atom is -0.477 e. The second kappa shape index (κ2) is 4.23. The highest BCUT2D eigenvalue weighted by Crippen LogP contribution is 2.12. The molecule has 0 aliphatic heterocycles. The van der Waals surface area contributed by atoms with Crippen LogP contribution in [0.15, 0.2) is 36.5 Å². The van der Waals surface area contributed by atoms with E-state index in [1.165, 1.54) is 11.1 Å². The van der Waals surface area contributed by atoms with E-state index in [0.29, 0.717) is 0 Å². The number of aromatic nitrogens is 1. The molecule has 2 aromatic rings. The number of aryl methyl sites for hydroxylation is 1. The van der Waals surface area contributed by atoms with E-state index < -0.39 is 5.97 Å². The molecule has 0 amide bonds. The largest absolute Gasteiger partial charge is 0.477 e. The van der Waals surface area contributed by atoms with E-state index in [1.54, 1.807) is 12.3 Å². The van der Waals surface area contributed by atoms with Crippen molar-refractivity contribution in [1.82, 2.24) is 4.98 Å². The Labute approximate surface area is 93.7 Å². The first-order valence-corrected chi connectivity index (χ1v) is 5.11. The van der Waals surface area contributed by atoms with Crippen LogP contribution in [0.2, 0.25) is 0 Å². The smallest absolute Gasteiger partial charge is 0.352 e. The summed E-state index contributed by atoms with van der Waals surface area (Å²) in [4.78, 5) is 13.4. The fourth-order valence-electron chi connectivity index (χ4n) is 1.72. The molecule has 1 aromatic carbocycles. The predicted octanol–water partition coefficient (Wildman–Crippen LogP) is 2.61. The number of benzene rings is 1. The molecule has 82 valence electrons. The molecule has 0 spiro atoms. The van der Waals surface area contributed by atoms with E-state index >= 15 is 0 Å². The van der Waals surface area contributed by atoms with Crippen molar-refractivity contribution in [3.8, 4) is 0 Å². The van der Waals surface area contributed by atoms with Gasteiger partial charge in [0.15, 0.2) is 0 Å². The fraction of sp³-hybridized carbons (Fsp3) is 0.154. The van der Waals surface area contributed by atoms with Crippen LogP contribution in [0.5, 0.6) is 0 Å². The molecule has 0 radical (unpaired) electrons. The van der Waals surface area contributed by atoms with Gasteiger partial charge in [0, 0.05) is 6.20 Å². The van der Waals surface area contributed by atoms with Crippen molar-refractivity contribution in [2.45, 2.75) is 13.3 Å². The second-order valence-electron chi connectivity index (χ2n) is 3.89. The molecule has 2 N–H and O–H groups in total. The van der Waals surface area contributed by atoms with Crippen molar-refractivity contribution in [2.75, 3.05) is 0 Å². The number of carbonyl (C=O) groups is 1. The van der Waals surface area contributed by atoms with Crippen LogP contribution < -0.4 is 0 Å². The first kappa shape index (κ1) is 10.5. The van der Waals surface area contributed by atoms with Crippen LogP contribution in [0.3, 0.4) is 0 Å². The maximum atomic E-state index is 10.7. The Morgan fingerprint density at radius 1 is 1.31 bits per heavy atom. The summed E-state index contributed by atoms with van der Waals surface area (Å²) in [5, 5.41) is 8.78. The molecule has 0 atom stereocenters. The Morgan fingerprint density at radius 2 is 2.12 bits per heavy atom. The first-order chi connectivity index (χ1) is 7.65. The molecule has 3 heteroatoms. The second-order valence-corrected chi connectivity index (χ2v) is 3.89. The van der Waals surface area contributed by atoms with Gasteiger partial charge in [-0.25, -0.2) is 4.79 Å². The first-order valence-electron chi connectivity index (χ1n) is 5.11. The molecule has 16 heavy (non-hydrogen) atoms. The third-order valence-electron chi connectivity index (χ3n) is 2.46. The van der Waals surface area contributed by atoms with Crippen molar-refractivity contribution in [2.24, 2.45) is 0 Å². The van der Waals surface area contributed by atoms with Gasteiger partial charge in [0.2, 0.25) is 0 Å². The van der Waals surface area contributed by atoms with Gasteiger partial charge in [-0.15, -0.1) is 0 Å². The van der Waals surface area contributed by atoms with E-state index in [1.807, 2.05) is 25.1 Å². The van der Waals surface area contributed by atoms with Gasteiger partial charge in [0.05, 0.1) is 0 Å². The van der Waals surface area contributed by atoms with E-state index in [-0.39, 0.29) is 5.69 Å². The summed E-state index contributed by atoms with van der Waals surface area (Å²) >= 11 is 0. The van der Waals surface area contributed by atoms with Crippen LogP contribution in [-0.4, -0.2) is 16.1 Å². The molecular formula is C13H13NO2.